The first-order valence-electron chi connectivity index (χ1n) is 6.48. The molecule has 7 heteroatoms. The fraction of sp³-hybridized carbons (Fsp3) is 0.214. The van der Waals surface area contributed by atoms with E-state index < -0.39 is 11.5 Å². The lowest BCUT2D eigenvalue weighted by molar-refractivity contribution is 0.319. The van der Waals surface area contributed by atoms with Gasteiger partial charge in [0, 0.05) is 5.92 Å². The molecule has 0 spiro atoms. The molecule has 2 aromatic rings. The number of anilines is 2. The number of aromatic amines is 1. The van der Waals surface area contributed by atoms with Crippen molar-refractivity contribution in [2.45, 2.75) is 18.8 Å². The molecule has 0 saturated carbocycles. The van der Waals surface area contributed by atoms with Crippen LogP contribution in [0.25, 0.3) is 0 Å². The molecule has 1 aromatic carbocycles. The molecule has 0 saturated heterocycles. The van der Waals surface area contributed by atoms with Crippen molar-refractivity contribution in [3.8, 4) is 0 Å². The third-order valence-corrected chi connectivity index (χ3v) is 3.21. The van der Waals surface area contributed by atoms with Gasteiger partial charge in [0.15, 0.2) is 0 Å². The number of aromatic nitrogens is 2. The number of hydrogen-bond acceptors (Lipinski definition) is 6. The minimum Gasteiger partial charge on any atom is -0.411 e. The molecular weight excluding hydrogens is 270 g/mol. The second-order valence-corrected chi connectivity index (χ2v) is 4.65. The number of benzene rings is 1. The zero-order valence-electron chi connectivity index (χ0n) is 11.4. The van der Waals surface area contributed by atoms with Crippen molar-refractivity contribution in [2.24, 2.45) is 5.16 Å². The van der Waals surface area contributed by atoms with Crippen molar-refractivity contribution in [1.29, 1.82) is 0 Å². The fourth-order valence-corrected chi connectivity index (χ4v) is 2.22. The van der Waals surface area contributed by atoms with E-state index in [4.69, 9.17) is 16.7 Å². The van der Waals surface area contributed by atoms with Crippen LogP contribution < -0.4 is 17.0 Å². The van der Waals surface area contributed by atoms with Crippen LogP contribution in [-0.2, 0) is 6.42 Å². The monoisotopic (exact) mass is 287 g/mol. The molecule has 0 aliphatic rings. The molecule has 1 heterocycles. The van der Waals surface area contributed by atoms with Crippen LogP contribution >= 0.6 is 0 Å². The Morgan fingerprint density at radius 3 is 2.67 bits per heavy atom. The van der Waals surface area contributed by atoms with Crippen LogP contribution in [-0.4, -0.2) is 21.4 Å². The van der Waals surface area contributed by atoms with Gasteiger partial charge in [-0.05, 0) is 18.4 Å². The van der Waals surface area contributed by atoms with Gasteiger partial charge < -0.3 is 16.7 Å². The van der Waals surface area contributed by atoms with E-state index in [0.717, 1.165) is 5.56 Å². The number of nitrogens with zero attached hydrogens (tertiary/aromatic N) is 2. The summed E-state index contributed by atoms with van der Waals surface area (Å²) < 4.78 is 0. The van der Waals surface area contributed by atoms with Crippen LogP contribution in [0.3, 0.4) is 0 Å². The number of oxime groups is 1. The Kier molecular flexibility index (Phi) is 4.55. The fourth-order valence-electron chi connectivity index (χ4n) is 2.22. The van der Waals surface area contributed by atoms with Crippen LogP contribution in [0.2, 0.25) is 0 Å². The second-order valence-electron chi connectivity index (χ2n) is 4.65. The third kappa shape index (κ3) is 3.59. The van der Waals surface area contributed by atoms with Crippen molar-refractivity contribution in [2.75, 3.05) is 11.5 Å². The van der Waals surface area contributed by atoms with Gasteiger partial charge in [0.1, 0.15) is 5.82 Å². The van der Waals surface area contributed by atoms with Crippen molar-refractivity contribution >= 4 is 18.0 Å². The van der Waals surface area contributed by atoms with E-state index in [2.05, 4.69) is 15.1 Å². The van der Waals surface area contributed by atoms with Crippen LogP contribution in [0, 0.1) is 0 Å². The third-order valence-electron chi connectivity index (χ3n) is 3.21. The molecule has 1 atom stereocenters. The maximum atomic E-state index is 12.0. The van der Waals surface area contributed by atoms with Gasteiger partial charge in [0.2, 0.25) is 5.95 Å². The average molecular weight is 287 g/mol. The number of nitrogens with one attached hydrogen (secondary N) is 1. The lowest BCUT2D eigenvalue weighted by Gasteiger charge is -2.13. The summed E-state index contributed by atoms with van der Waals surface area (Å²) in [6, 6.07) is 9.79. The summed E-state index contributed by atoms with van der Waals surface area (Å²) in [4.78, 5) is 18.2. The van der Waals surface area contributed by atoms with E-state index in [1.807, 2.05) is 30.3 Å². The molecule has 0 amide bonds. The first kappa shape index (κ1) is 14.6. The average Bonchev–Trinajstić information content (AvgIpc) is 2.45. The second kappa shape index (κ2) is 6.56. The highest BCUT2D eigenvalue weighted by molar-refractivity contribution is 5.70. The molecule has 7 nitrogen and oxygen atoms in total. The summed E-state index contributed by atoms with van der Waals surface area (Å²) in [5.41, 5.74) is 12.2. The number of nitrogen functional groups attached to an aromatic ring is 2. The van der Waals surface area contributed by atoms with Gasteiger partial charge in [-0.1, -0.05) is 30.3 Å². The van der Waals surface area contributed by atoms with Crippen LogP contribution in [0.15, 0.2) is 40.3 Å². The highest BCUT2D eigenvalue weighted by Gasteiger charge is 2.18. The van der Waals surface area contributed by atoms with Crippen molar-refractivity contribution in [3.63, 3.8) is 0 Å². The molecule has 6 N–H and O–H groups in total. The number of aryl methyl sites for hydroxylation is 1. The van der Waals surface area contributed by atoms with Gasteiger partial charge in [-0.3, -0.25) is 9.78 Å². The van der Waals surface area contributed by atoms with Crippen LogP contribution in [0.1, 0.15) is 23.5 Å². The molecule has 0 radical (unpaired) electrons. The summed E-state index contributed by atoms with van der Waals surface area (Å²) in [7, 11) is 0. The summed E-state index contributed by atoms with van der Waals surface area (Å²) >= 11 is 0. The largest absolute Gasteiger partial charge is 0.411 e. The Hall–Kier alpha value is -2.83. The molecule has 0 aliphatic carbocycles. The highest BCUT2D eigenvalue weighted by atomic mass is 16.4. The zero-order valence-corrected chi connectivity index (χ0v) is 11.4. The number of H-pyrrole nitrogens is 1. The smallest absolute Gasteiger partial charge is 0.258 e. The number of nitrogens with two attached hydrogens (primary N) is 2. The quantitative estimate of drug-likeness (QED) is 0.372. The predicted octanol–water partition coefficient (Wildman–Crippen LogP) is 1.11. The molecule has 1 unspecified atom stereocenters. The van der Waals surface area contributed by atoms with Gasteiger partial charge in [-0.2, -0.15) is 4.98 Å². The standard InChI is InChI=1S/C14H17N5O2/c15-12-11(13(20)19-14(16)18-12)10(8-17-21)7-6-9-4-2-1-3-5-9/h1-5,8,10,21H,6-7H2,(H5,15,16,18,19,20)/b17-8+. The maximum absolute atomic E-state index is 12.0. The maximum Gasteiger partial charge on any atom is 0.258 e. The van der Waals surface area contributed by atoms with E-state index in [1.165, 1.54) is 6.21 Å². The highest BCUT2D eigenvalue weighted by Crippen LogP contribution is 2.21. The molecule has 0 aliphatic heterocycles. The van der Waals surface area contributed by atoms with Gasteiger partial charge in [-0.25, -0.2) is 0 Å². The van der Waals surface area contributed by atoms with E-state index in [0.29, 0.717) is 12.8 Å². The summed E-state index contributed by atoms with van der Waals surface area (Å²) in [6.45, 7) is 0. The Bertz CT molecular complexity index is 682. The van der Waals surface area contributed by atoms with Gasteiger partial charge >= 0.3 is 0 Å². The minimum absolute atomic E-state index is 0.0380. The minimum atomic E-state index is -0.438. The molecule has 0 bridgehead atoms. The first-order valence-corrected chi connectivity index (χ1v) is 6.48. The Morgan fingerprint density at radius 1 is 1.33 bits per heavy atom. The number of hydrogen-bond donors (Lipinski definition) is 4. The molecule has 0 fully saturated rings. The summed E-state index contributed by atoms with van der Waals surface area (Å²) in [5.74, 6) is -0.426. The Labute approximate surface area is 121 Å². The van der Waals surface area contributed by atoms with E-state index >= 15 is 0 Å². The topological polar surface area (TPSA) is 130 Å². The summed E-state index contributed by atoms with van der Waals surface area (Å²) in [6.07, 6.45) is 2.55. The van der Waals surface area contributed by atoms with Crippen molar-refractivity contribution in [3.05, 3.63) is 51.8 Å². The Balaban J connectivity index is 2.26. The lowest BCUT2D eigenvalue weighted by Crippen LogP contribution is -2.23. The van der Waals surface area contributed by atoms with Crippen molar-refractivity contribution in [1.82, 2.24) is 9.97 Å². The molecule has 21 heavy (non-hydrogen) atoms. The summed E-state index contributed by atoms with van der Waals surface area (Å²) in [5, 5.41) is 11.8. The molecule has 1 aromatic heterocycles. The van der Waals surface area contributed by atoms with Crippen LogP contribution in [0.5, 0.6) is 0 Å². The van der Waals surface area contributed by atoms with E-state index in [-0.39, 0.29) is 17.3 Å². The number of rotatable bonds is 5. The normalized spacial score (nSPS) is 12.6. The first-order chi connectivity index (χ1) is 10.1. The zero-order chi connectivity index (χ0) is 15.2. The van der Waals surface area contributed by atoms with E-state index in [9.17, 15) is 4.79 Å². The SMILES string of the molecule is Nc1nc(N)c(C(/C=N/O)CCc2ccccc2)c(=O)[nH]1. The van der Waals surface area contributed by atoms with Crippen molar-refractivity contribution < 1.29 is 5.21 Å². The van der Waals surface area contributed by atoms with Gasteiger partial charge in [-0.15, -0.1) is 5.16 Å². The van der Waals surface area contributed by atoms with Crippen LogP contribution in [0.4, 0.5) is 11.8 Å². The van der Waals surface area contributed by atoms with Gasteiger partial charge in [0.25, 0.3) is 5.56 Å². The molecule has 2 rings (SSSR count). The Morgan fingerprint density at radius 2 is 2.05 bits per heavy atom. The lowest BCUT2D eigenvalue weighted by atomic mass is 9.94. The predicted molar refractivity (Wildman–Crippen MR) is 81.5 cm³/mol. The van der Waals surface area contributed by atoms with Gasteiger partial charge in [0.05, 0.1) is 11.8 Å². The van der Waals surface area contributed by atoms with E-state index in [1.54, 1.807) is 0 Å². The molecular formula is C14H17N5O2. The molecule has 110 valence electrons.